The molecule has 120 valence electrons. The Balaban J connectivity index is 1.65. The topological polar surface area (TPSA) is 61.4 Å². The lowest BCUT2D eigenvalue weighted by Crippen LogP contribution is -2.50. The van der Waals surface area contributed by atoms with Gasteiger partial charge in [-0.3, -0.25) is 9.69 Å². The van der Waals surface area contributed by atoms with E-state index >= 15 is 0 Å². The average molecular weight is 303 g/mol. The molecule has 3 rings (SSSR count). The predicted molar refractivity (Wildman–Crippen MR) is 85.7 cm³/mol. The van der Waals surface area contributed by atoms with Crippen molar-refractivity contribution in [1.82, 2.24) is 19.8 Å². The summed E-state index contributed by atoms with van der Waals surface area (Å²) in [6.07, 6.45) is 4.72. The van der Waals surface area contributed by atoms with Crippen molar-refractivity contribution in [2.45, 2.75) is 38.6 Å². The van der Waals surface area contributed by atoms with E-state index in [1.54, 1.807) is 0 Å². The van der Waals surface area contributed by atoms with Crippen LogP contribution < -0.4 is 5.32 Å². The van der Waals surface area contributed by atoms with Crippen LogP contribution in [0, 0.1) is 6.92 Å². The summed E-state index contributed by atoms with van der Waals surface area (Å²) in [5, 5.41) is 3.06. The molecule has 22 heavy (non-hydrogen) atoms. The van der Waals surface area contributed by atoms with Crippen LogP contribution in [0.2, 0.25) is 0 Å². The molecule has 1 unspecified atom stereocenters. The van der Waals surface area contributed by atoms with Gasteiger partial charge in [0.05, 0.1) is 18.3 Å². The normalized spacial score (nSPS) is 22.3. The molecule has 0 aromatic carbocycles. The van der Waals surface area contributed by atoms with Gasteiger partial charge in [0.15, 0.2) is 0 Å². The highest BCUT2D eigenvalue weighted by Gasteiger charge is 2.35. The van der Waals surface area contributed by atoms with E-state index in [2.05, 4.69) is 20.2 Å². The van der Waals surface area contributed by atoms with Gasteiger partial charge in [0.25, 0.3) is 0 Å². The summed E-state index contributed by atoms with van der Waals surface area (Å²) >= 11 is 0. The van der Waals surface area contributed by atoms with Gasteiger partial charge in [0.1, 0.15) is 11.6 Å². The first-order chi connectivity index (χ1) is 10.7. The van der Waals surface area contributed by atoms with Gasteiger partial charge >= 0.3 is 0 Å². The number of hydrogen-bond donors (Lipinski definition) is 1. The number of nitrogens with one attached hydrogen (secondary N) is 1. The molecule has 2 aliphatic rings. The van der Waals surface area contributed by atoms with Crippen molar-refractivity contribution in [2.75, 3.05) is 38.5 Å². The second kappa shape index (κ2) is 6.60. The number of likely N-dealkylation sites (tertiary alicyclic amines) is 2. The molecule has 0 aliphatic carbocycles. The molecule has 2 saturated heterocycles. The van der Waals surface area contributed by atoms with Gasteiger partial charge in [-0.2, -0.15) is 0 Å². The highest BCUT2D eigenvalue weighted by molar-refractivity contribution is 5.79. The number of carbonyl (C=O) groups excluding carboxylic acids is 1. The van der Waals surface area contributed by atoms with Crippen LogP contribution in [-0.2, 0) is 4.79 Å². The van der Waals surface area contributed by atoms with Crippen LogP contribution in [0.4, 0.5) is 5.82 Å². The van der Waals surface area contributed by atoms with E-state index < -0.39 is 0 Å². The summed E-state index contributed by atoms with van der Waals surface area (Å²) in [6, 6.07) is 2.07. The Kier molecular flexibility index (Phi) is 4.57. The Bertz CT molecular complexity index is 541. The van der Waals surface area contributed by atoms with E-state index in [4.69, 9.17) is 0 Å². The summed E-state index contributed by atoms with van der Waals surface area (Å²) in [7, 11) is 1.85. The maximum absolute atomic E-state index is 12.5. The summed E-state index contributed by atoms with van der Waals surface area (Å²) in [6.45, 7) is 5.40. The summed E-state index contributed by atoms with van der Waals surface area (Å²) in [5.41, 5.74) is 0.954. The summed E-state index contributed by atoms with van der Waals surface area (Å²) in [4.78, 5) is 25.6. The third kappa shape index (κ3) is 3.21. The number of rotatable bonds is 4. The van der Waals surface area contributed by atoms with Crippen LogP contribution in [0.5, 0.6) is 0 Å². The van der Waals surface area contributed by atoms with E-state index in [-0.39, 0.29) is 11.9 Å². The summed E-state index contributed by atoms with van der Waals surface area (Å²) in [5.74, 6) is 1.80. The number of aromatic nitrogens is 2. The molecule has 1 aromatic rings. The molecule has 3 heterocycles. The molecular formula is C16H25N5O. The second-order valence-electron chi connectivity index (χ2n) is 6.20. The number of piperidine rings is 1. The molecule has 1 N–H and O–H groups in total. The third-order valence-electron chi connectivity index (χ3n) is 4.60. The minimum atomic E-state index is 0.117. The number of amides is 1. The lowest BCUT2D eigenvalue weighted by atomic mass is 9.98. The first-order valence-corrected chi connectivity index (χ1v) is 8.22. The van der Waals surface area contributed by atoms with Crippen LogP contribution in [0.25, 0.3) is 0 Å². The number of nitrogens with zero attached hydrogens (tertiary/aromatic N) is 4. The molecule has 0 spiro atoms. The monoisotopic (exact) mass is 303 g/mol. The first kappa shape index (κ1) is 15.2. The molecule has 0 bridgehead atoms. The van der Waals surface area contributed by atoms with E-state index in [0.717, 1.165) is 43.4 Å². The van der Waals surface area contributed by atoms with Gasteiger partial charge in [-0.15, -0.1) is 0 Å². The Labute approximate surface area is 131 Å². The smallest absolute Gasteiger partial charge is 0.237 e. The second-order valence-corrected chi connectivity index (χ2v) is 6.20. The third-order valence-corrected chi connectivity index (χ3v) is 4.60. The average Bonchev–Trinajstić information content (AvgIpc) is 2.46. The Morgan fingerprint density at radius 1 is 1.27 bits per heavy atom. The Morgan fingerprint density at radius 2 is 2.05 bits per heavy atom. The molecule has 1 amide bonds. The van der Waals surface area contributed by atoms with Crippen molar-refractivity contribution in [1.29, 1.82) is 0 Å². The Morgan fingerprint density at radius 3 is 2.68 bits per heavy atom. The van der Waals surface area contributed by atoms with Crippen molar-refractivity contribution in [3.8, 4) is 0 Å². The predicted octanol–water partition coefficient (Wildman–Crippen LogP) is 1.59. The van der Waals surface area contributed by atoms with Crippen LogP contribution in [0.3, 0.4) is 0 Å². The van der Waals surface area contributed by atoms with Gasteiger partial charge in [-0.1, -0.05) is 6.42 Å². The summed E-state index contributed by atoms with van der Waals surface area (Å²) < 4.78 is 0. The standard InChI is InChI=1S/C16H25N5O/c1-12-18-13(10-15(17-2)19-12)14-6-9-21(14)16(22)11-20-7-4-3-5-8-20/h10,14H,3-9,11H2,1-2H3,(H,17,18,19). The zero-order valence-electron chi connectivity index (χ0n) is 13.5. The highest BCUT2D eigenvalue weighted by atomic mass is 16.2. The number of hydrogen-bond acceptors (Lipinski definition) is 5. The van der Waals surface area contributed by atoms with Crippen LogP contribution >= 0.6 is 0 Å². The molecule has 6 heteroatoms. The SMILES string of the molecule is CNc1cc(C2CCN2C(=O)CN2CCCCC2)nc(C)n1. The minimum Gasteiger partial charge on any atom is -0.373 e. The van der Waals surface area contributed by atoms with Gasteiger partial charge in [-0.25, -0.2) is 9.97 Å². The van der Waals surface area contributed by atoms with Crippen LogP contribution in [0.1, 0.15) is 43.2 Å². The van der Waals surface area contributed by atoms with Crippen molar-refractivity contribution >= 4 is 11.7 Å². The lowest BCUT2D eigenvalue weighted by molar-refractivity contribution is -0.140. The lowest BCUT2D eigenvalue weighted by Gasteiger charge is -2.42. The zero-order valence-corrected chi connectivity index (χ0v) is 13.5. The zero-order chi connectivity index (χ0) is 15.5. The van der Waals surface area contributed by atoms with Gasteiger partial charge in [-0.05, 0) is 39.3 Å². The van der Waals surface area contributed by atoms with Gasteiger partial charge in [0.2, 0.25) is 5.91 Å². The van der Waals surface area contributed by atoms with Gasteiger partial charge < -0.3 is 10.2 Å². The molecule has 1 atom stereocenters. The van der Waals surface area contributed by atoms with Crippen molar-refractivity contribution < 1.29 is 4.79 Å². The van der Waals surface area contributed by atoms with E-state index in [1.807, 2.05) is 24.9 Å². The molecule has 0 saturated carbocycles. The maximum Gasteiger partial charge on any atom is 0.237 e. The molecular weight excluding hydrogens is 278 g/mol. The maximum atomic E-state index is 12.5. The van der Waals surface area contributed by atoms with Gasteiger partial charge in [0, 0.05) is 19.7 Å². The molecule has 1 aromatic heterocycles. The van der Waals surface area contributed by atoms with E-state index in [1.165, 1.54) is 19.3 Å². The molecule has 6 nitrogen and oxygen atoms in total. The van der Waals surface area contributed by atoms with Crippen molar-refractivity contribution in [3.05, 3.63) is 17.6 Å². The van der Waals surface area contributed by atoms with E-state index in [0.29, 0.717) is 6.54 Å². The molecule has 0 radical (unpaired) electrons. The fourth-order valence-corrected chi connectivity index (χ4v) is 3.28. The Hall–Kier alpha value is -1.69. The molecule has 2 aliphatic heterocycles. The minimum absolute atomic E-state index is 0.117. The number of aryl methyl sites for hydroxylation is 1. The van der Waals surface area contributed by atoms with Crippen molar-refractivity contribution in [3.63, 3.8) is 0 Å². The van der Waals surface area contributed by atoms with Crippen molar-refractivity contribution in [2.24, 2.45) is 0 Å². The fourth-order valence-electron chi connectivity index (χ4n) is 3.28. The van der Waals surface area contributed by atoms with Crippen LogP contribution in [-0.4, -0.2) is 58.9 Å². The molecule has 2 fully saturated rings. The highest BCUT2D eigenvalue weighted by Crippen LogP contribution is 2.33. The first-order valence-electron chi connectivity index (χ1n) is 8.22. The number of anilines is 1. The quantitative estimate of drug-likeness (QED) is 0.915. The number of carbonyl (C=O) groups is 1. The van der Waals surface area contributed by atoms with Crippen LogP contribution in [0.15, 0.2) is 6.07 Å². The fraction of sp³-hybridized carbons (Fsp3) is 0.688. The van der Waals surface area contributed by atoms with E-state index in [9.17, 15) is 4.79 Å². The largest absolute Gasteiger partial charge is 0.373 e.